The highest BCUT2D eigenvalue weighted by Crippen LogP contribution is 2.26. The molecule has 1 heteroatoms. The summed E-state index contributed by atoms with van der Waals surface area (Å²) in [6.45, 7) is 3.41. The van der Waals surface area contributed by atoms with Crippen molar-refractivity contribution in [3.8, 4) is 0 Å². The molecular weight excluding hydrogens is 122 g/mol. The van der Waals surface area contributed by atoms with Gasteiger partial charge < -0.3 is 5.32 Å². The fourth-order valence-electron chi connectivity index (χ4n) is 1.81. The van der Waals surface area contributed by atoms with E-state index in [1.54, 1.807) is 11.1 Å². The maximum atomic E-state index is 3.44. The van der Waals surface area contributed by atoms with Gasteiger partial charge in [-0.15, -0.1) is 0 Å². The molecule has 2 rings (SSSR count). The molecule has 1 aliphatic heterocycles. The van der Waals surface area contributed by atoms with Crippen molar-refractivity contribution in [2.45, 2.75) is 25.8 Å². The van der Waals surface area contributed by atoms with Crippen molar-refractivity contribution in [3.05, 3.63) is 23.3 Å². The molecule has 1 unspecified atom stereocenters. The van der Waals surface area contributed by atoms with Crippen molar-refractivity contribution >= 4 is 0 Å². The normalized spacial score (nSPS) is 31.1. The quantitative estimate of drug-likeness (QED) is 0.532. The summed E-state index contributed by atoms with van der Waals surface area (Å²) < 4.78 is 0. The van der Waals surface area contributed by atoms with Gasteiger partial charge >= 0.3 is 0 Å². The first-order valence-electron chi connectivity index (χ1n) is 4.00. The van der Waals surface area contributed by atoms with E-state index in [1.807, 2.05) is 0 Å². The fourth-order valence-corrected chi connectivity index (χ4v) is 1.81. The molecule has 54 valence electrons. The van der Waals surface area contributed by atoms with Crippen LogP contribution in [0.5, 0.6) is 0 Å². The van der Waals surface area contributed by atoms with Crippen molar-refractivity contribution in [2.24, 2.45) is 0 Å². The molecule has 1 aliphatic carbocycles. The van der Waals surface area contributed by atoms with Gasteiger partial charge in [-0.25, -0.2) is 0 Å². The van der Waals surface area contributed by atoms with Crippen LogP contribution in [0.4, 0.5) is 0 Å². The van der Waals surface area contributed by atoms with Crippen LogP contribution in [0, 0.1) is 0 Å². The van der Waals surface area contributed by atoms with Crippen LogP contribution in [0.15, 0.2) is 23.3 Å². The van der Waals surface area contributed by atoms with Gasteiger partial charge in [0, 0.05) is 6.04 Å². The highest BCUT2D eigenvalue weighted by molar-refractivity contribution is 5.38. The average Bonchev–Trinajstić information content (AvgIpc) is 2.36. The molecule has 0 aromatic carbocycles. The van der Waals surface area contributed by atoms with Gasteiger partial charge in [-0.1, -0.05) is 17.7 Å². The van der Waals surface area contributed by atoms with Crippen LogP contribution in [-0.2, 0) is 0 Å². The topological polar surface area (TPSA) is 12.0 Å². The van der Waals surface area contributed by atoms with Gasteiger partial charge in [0.1, 0.15) is 0 Å². The Hall–Kier alpha value is -0.560. The molecule has 0 spiro atoms. The van der Waals surface area contributed by atoms with Gasteiger partial charge in [0.25, 0.3) is 0 Å². The van der Waals surface area contributed by atoms with Gasteiger partial charge in [-0.05, 0) is 31.9 Å². The Morgan fingerprint density at radius 2 is 2.50 bits per heavy atom. The predicted octanol–water partition coefficient (Wildman–Crippen LogP) is 1.62. The molecule has 1 heterocycles. The lowest BCUT2D eigenvalue weighted by Gasteiger charge is -2.22. The molecule has 0 saturated heterocycles. The van der Waals surface area contributed by atoms with Gasteiger partial charge in [-0.3, -0.25) is 0 Å². The number of hydrogen-bond acceptors (Lipinski definition) is 1. The van der Waals surface area contributed by atoms with E-state index < -0.39 is 0 Å². The highest BCUT2D eigenvalue weighted by atomic mass is 14.9. The third-order valence-corrected chi connectivity index (χ3v) is 2.41. The third kappa shape index (κ3) is 0.816. The van der Waals surface area contributed by atoms with E-state index in [0.717, 1.165) is 0 Å². The lowest BCUT2D eigenvalue weighted by atomic mass is 9.98. The summed E-state index contributed by atoms with van der Waals surface area (Å²) >= 11 is 0. The van der Waals surface area contributed by atoms with E-state index in [2.05, 4.69) is 24.4 Å². The molecule has 0 aromatic rings. The molecule has 0 bridgehead atoms. The molecule has 0 radical (unpaired) electrons. The molecule has 2 aliphatic rings. The van der Waals surface area contributed by atoms with E-state index in [4.69, 9.17) is 0 Å². The smallest absolute Gasteiger partial charge is 0.0291 e. The second-order valence-electron chi connectivity index (χ2n) is 3.09. The zero-order valence-electron chi connectivity index (χ0n) is 6.35. The van der Waals surface area contributed by atoms with Crippen molar-refractivity contribution in [3.63, 3.8) is 0 Å². The van der Waals surface area contributed by atoms with Gasteiger partial charge in [0.15, 0.2) is 0 Å². The van der Waals surface area contributed by atoms with Crippen LogP contribution in [0.25, 0.3) is 0 Å². The van der Waals surface area contributed by atoms with Gasteiger partial charge in [-0.2, -0.15) is 0 Å². The summed E-state index contributed by atoms with van der Waals surface area (Å²) in [6.07, 6.45) is 7.01. The summed E-state index contributed by atoms with van der Waals surface area (Å²) in [5.41, 5.74) is 3.21. The largest absolute Gasteiger partial charge is 0.310 e. The number of allylic oxidation sites excluding steroid dienone is 1. The van der Waals surface area contributed by atoms with E-state index in [-0.39, 0.29) is 0 Å². The predicted molar refractivity (Wildman–Crippen MR) is 42.9 cm³/mol. The molecule has 1 N–H and O–H groups in total. The summed E-state index contributed by atoms with van der Waals surface area (Å²) in [5, 5.41) is 3.44. The van der Waals surface area contributed by atoms with E-state index >= 15 is 0 Å². The fraction of sp³-hybridized carbons (Fsp3) is 0.556. The van der Waals surface area contributed by atoms with Crippen LogP contribution < -0.4 is 5.32 Å². The Kier molecular flexibility index (Phi) is 1.38. The van der Waals surface area contributed by atoms with Crippen molar-refractivity contribution in [2.75, 3.05) is 6.54 Å². The first-order valence-corrected chi connectivity index (χ1v) is 4.00. The Morgan fingerprint density at radius 3 is 3.30 bits per heavy atom. The molecule has 0 saturated carbocycles. The molecule has 0 aromatic heterocycles. The molecule has 0 amide bonds. The Bertz CT molecular complexity index is 201. The first-order chi connectivity index (χ1) is 4.88. The maximum absolute atomic E-state index is 3.44. The molecule has 10 heavy (non-hydrogen) atoms. The van der Waals surface area contributed by atoms with Gasteiger partial charge in [0.2, 0.25) is 0 Å². The van der Waals surface area contributed by atoms with Crippen LogP contribution in [0.3, 0.4) is 0 Å². The summed E-state index contributed by atoms with van der Waals surface area (Å²) in [6, 6.07) is 0.600. The second kappa shape index (κ2) is 2.24. The molecular formula is C9H13N. The van der Waals surface area contributed by atoms with Crippen LogP contribution in [0.2, 0.25) is 0 Å². The molecule has 1 nitrogen and oxygen atoms in total. The summed E-state index contributed by atoms with van der Waals surface area (Å²) in [4.78, 5) is 0. The molecule has 1 atom stereocenters. The number of rotatable bonds is 0. The van der Waals surface area contributed by atoms with Crippen molar-refractivity contribution in [1.82, 2.24) is 5.32 Å². The maximum Gasteiger partial charge on any atom is 0.0291 e. The Balaban J connectivity index is 2.29. The number of nitrogens with one attached hydrogen (secondary N) is 1. The van der Waals surface area contributed by atoms with E-state index in [9.17, 15) is 0 Å². The van der Waals surface area contributed by atoms with E-state index in [1.165, 1.54) is 19.4 Å². The Labute approximate surface area is 61.8 Å². The minimum atomic E-state index is 0.600. The standard InChI is InChI=1S/C9H13N/c1-7-9-4-2-3-8(9)5-6-10-7/h2,4,7,10H,3,5-6H2,1H3. The van der Waals surface area contributed by atoms with Crippen molar-refractivity contribution in [1.29, 1.82) is 0 Å². The van der Waals surface area contributed by atoms with Crippen LogP contribution in [0.1, 0.15) is 19.8 Å². The third-order valence-electron chi connectivity index (χ3n) is 2.41. The molecule has 0 fully saturated rings. The lowest BCUT2D eigenvalue weighted by Crippen LogP contribution is -2.32. The minimum absolute atomic E-state index is 0.600. The van der Waals surface area contributed by atoms with Crippen LogP contribution >= 0.6 is 0 Å². The zero-order valence-corrected chi connectivity index (χ0v) is 6.35. The average molecular weight is 135 g/mol. The minimum Gasteiger partial charge on any atom is -0.310 e. The van der Waals surface area contributed by atoms with E-state index in [0.29, 0.717) is 6.04 Å². The summed E-state index contributed by atoms with van der Waals surface area (Å²) in [7, 11) is 0. The van der Waals surface area contributed by atoms with Crippen molar-refractivity contribution < 1.29 is 0 Å². The zero-order chi connectivity index (χ0) is 6.97. The Morgan fingerprint density at radius 1 is 1.60 bits per heavy atom. The summed E-state index contributed by atoms with van der Waals surface area (Å²) in [5.74, 6) is 0. The van der Waals surface area contributed by atoms with Gasteiger partial charge in [0.05, 0.1) is 0 Å². The number of hydrogen-bond donors (Lipinski definition) is 1. The van der Waals surface area contributed by atoms with Crippen LogP contribution in [-0.4, -0.2) is 12.6 Å². The first kappa shape index (κ1) is 6.17. The lowest BCUT2D eigenvalue weighted by molar-refractivity contribution is 0.578. The SMILES string of the molecule is CC1NCCC2=C1C=CC2. The second-order valence-corrected chi connectivity index (χ2v) is 3.09. The monoisotopic (exact) mass is 135 g/mol. The highest BCUT2D eigenvalue weighted by Gasteiger charge is 2.18.